The molecule has 4 heteroatoms. The highest BCUT2D eigenvalue weighted by molar-refractivity contribution is 6.18. The summed E-state index contributed by atoms with van der Waals surface area (Å²) < 4.78 is 5.29. The molecule has 2 atom stereocenters. The number of hydrogen-bond acceptors (Lipinski definition) is 2. The molecule has 92 valence electrons. The van der Waals surface area contributed by atoms with Gasteiger partial charge in [-0.05, 0) is 19.3 Å². The van der Waals surface area contributed by atoms with Crippen molar-refractivity contribution in [3.05, 3.63) is 0 Å². The zero-order chi connectivity index (χ0) is 11.4. The van der Waals surface area contributed by atoms with Gasteiger partial charge in [0.1, 0.15) is 0 Å². The second-order valence-electron chi connectivity index (χ2n) is 4.75. The highest BCUT2D eigenvalue weighted by Crippen LogP contribution is 2.23. The van der Waals surface area contributed by atoms with Crippen LogP contribution in [0.1, 0.15) is 32.1 Å². The minimum Gasteiger partial charge on any atom is -0.381 e. The number of nitrogens with zero attached hydrogens (tertiary/aromatic N) is 1. The van der Waals surface area contributed by atoms with Crippen molar-refractivity contribution in [2.24, 2.45) is 5.92 Å². The van der Waals surface area contributed by atoms with Gasteiger partial charge in [-0.1, -0.05) is 12.8 Å². The number of alkyl halides is 1. The van der Waals surface area contributed by atoms with E-state index in [1.165, 1.54) is 12.8 Å². The van der Waals surface area contributed by atoms with E-state index in [0.717, 1.165) is 32.4 Å². The number of rotatable bonds is 2. The molecule has 0 aromatic carbocycles. The number of ether oxygens (including phenoxy) is 1. The van der Waals surface area contributed by atoms with E-state index < -0.39 is 0 Å². The predicted octanol–water partition coefficient (Wildman–Crippen LogP) is 2.03. The van der Waals surface area contributed by atoms with Gasteiger partial charge in [-0.3, -0.25) is 4.79 Å². The molecule has 1 amide bonds. The van der Waals surface area contributed by atoms with Gasteiger partial charge in [-0.2, -0.15) is 0 Å². The summed E-state index contributed by atoms with van der Waals surface area (Å²) in [6.45, 7) is 2.22. The predicted molar refractivity (Wildman–Crippen MR) is 63.6 cm³/mol. The Labute approximate surface area is 102 Å². The average molecular weight is 246 g/mol. The number of carbonyl (C=O) groups excluding carboxylic acids is 1. The average Bonchev–Trinajstić information content (AvgIpc) is 2.73. The van der Waals surface area contributed by atoms with Crippen LogP contribution in [0.25, 0.3) is 0 Å². The van der Waals surface area contributed by atoms with Crippen LogP contribution in [-0.2, 0) is 9.53 Å². The third-order valence-corrected chi connectivity index (χ3v) is 3.97. The molecule has 0 spiro atoms. The summed E-state index contributed by atoms with van der Waals surface area (Å²) in [6.07, 6.45) is 5.47. The zero-order valence-electron chi connectivity index (χ0n) is 9.66. The maximum absolute atomic E-state index is 12.3. The van der Waals surface area contributed by atoms with Gasteiger partial charge in [0.25, 0.3) is 0 Å². The summed E-state index contributed by atoms with van der Waals surface area (Å²) in [7, 11) is 0. The monoisotopic (exact) mass is 245 g/mol. The quantitative estimate of drug-likeness (QED) is 0.697. The normalized spacial score (nSPS) is 31.4. The third-order valence-electron chi connectivity index (χ3n) is 3.62. The minimum absolute atomic E-state index is 0.0869. The second kappa shape index (κ2) is 5.87. The van der Waals surface area contributed by atoms with Crippen molar-refractivity contribution in [1.82, 2.24) is 4.90 Å². The minimum atomic E-state index is 0.0869. The Kier molecular flexibility index (Phi) is 4.47. The highest BCUT2D eigenvalue weighted by atomic mass is 35.5. The standard InChI is InChI=1S/C12H20ClNO2/c13-8-11-4-2-1-3-6-14(11)12(15)10-5-7-16-9-10/h10-11H,1-9H2. The molecule has 2 aliphatic heterocycles. The molecule has 2 rings (SSSR count). The molecule has 2 aliphatic rings. The van der Waals surface area contributed by atoms with Crippen LogP contribution in [0, 0.1) is 5.92 Å². The number of carbonyl (C=O) groups is 1. The maximum Gasteiger partial charge on any atom is 0.228 e. The van der Waals surface area contributed by atoms with Crippen molar-refractivity contribution in [1.29, 1.82) is 0 Å². The first-order chi connectivity index (χ1) is 7.83. The lowest BCUT2D eigenvalue weighted by Crippen LogP contribution is -2.44. The molecule has 0 aromatic heterocycles. The molecule has 0 aliphatic carbocycles. The third kappa shape index (κ3) is 2.69. The molecular weight excluding hydrogens is 226 g/mol. The van der Waals surface area contributed by atoms with Crippen LogP contribution >= 0.6 is 11.6 Å². The van der Waals surface area contributed by atoms with Gasteiger partial charge >= 0.3 is 0 Å². The van der Waals surface area contributed by atoms with Gasteiger partial charge in [0.2, 0.25) is 5.91 Å². The summed E-state index contributed by atoms with van der Waals surface area (Å²) in [5.41, 5.74) is 0. The Hall–Kier alpha value is -0.280. The first kappa shape index (κ1) is 12.2. The van der Waals surface area contributed by atoms with Crippen LogP contribution in [0.2, 0.25) is 0 Å². The molecule has 2 saturated heterocycles. The van der Waals surface area contributed by atoms with Crippen LogP contribution < -0.4 is 0 Å². The summed E-state index contributed by atoms with van der Waals surface area (Å²) in [5.74, 6) is 0.924. The van der Waals surface area contributed by atoms with E-state index >= 15 is 0 Å². The molecule has 0 radical (unpaired) electrons. The fraction of sp³-hybridized carbons (Fsp3) is 0.917. The number of likely N-dealkylation sites (tertiary alicyclic amines) is 1. The Morgan fingerprint density at radius 1 is 1.31 bits per heavy atom. The van der Waals surface area contributed by atoms with E-state index in [-0.39, 0.29) is 17.9 Å². The Balaban J connectivity index is 2.00. The van der Waals surface area contributed by atoms with Gasteiger partial charge < -0.3 is 9.64 Å². The van der Waals surface area contributed by atoms with Gasteiger partial charge in [-0.25, -0.2) is 0 Å². The lowest BCUT2D eigenvalue weighted by Gasteiger charge is -2.30. The Bertz CT molecular complexity index is 241. The van der Waals surface area contributed by atoms with Crippen molar-refractivity contribution >= 4 is 17.5 Å². The smallest absolute Gasteiger partial charge is 0.228 e. The van der Waals surface area contributed by atoms with Gasteiger partial charge in [0.15, 0.2) is 0 Å². The first-order valence-corrected chi connectivity index (χ1v) is 6.80. The van der Waals surface area contributed by atoms with Gasteiger partial charge in [0.05, 0.1) is 12.5 Å². The van der Waals surface area contributed by atoms with Crippen LogP contribution in [0.15, 0.2) is 0 Å². The fourth-order valence-electron chi connectivity index (χ4n) is 2.59. The molecule has 0 aromatic rings. The molecule has 0 saturated carbocycles. The van der Waals surface area contributed by atoms with Crippen LogP contribution in [0.5, 0.6) is 0 Å². The van der Waals surface area contributed by atoms with E-state index in [0.29, 0.717) is 12.5 Å². The molecule has 0 bridgehead atoms. The van der Waals surface area contributed by atoms with Crippen molar-refractivity contribution in [2.75, 3.05) is 25.6 Å². The summed E-state index contributed by atoms with van der Waals surface area (Å²) >= 11 is 5.97. The lowest BCUT2D eigenvalue weighted by molar-refractivity contribution is -0.137. The maximum atomic E-state index is 12.3. The van der Waals surface area contributed by atoms with Crippen LogP contribution in [-0.4, -0.2) is 42.5 Å². The summed E-state index contributed by atoms with van der Waals surface area (Å²) in [6, 6.07) is 0.247. The van der Waals surface area contributed by atoms with E-state index in [1.807, 2.05) is 4.90 Å². The SMILES string of the molecule is O=C(C1CCOC1)N1CCCCCC1CCl. The molecule has 2 heterocycles. The molecule has 16 heavy (non-hydrogen) atoms. The van der Waals surface area contributed by atoms with Gasteiger partial charge in [0, 0.05) is 25.1 Å². The van der Waals surface area contributed by atoms with E-state index in [9.17, 15) is 4.79 Å². The largest absolute Gasteiger partial charge is 0.381 e. The number of halogens is 1. The highest BCUT2D eigenvalue weighted by Gasteiger charge is 2.32. The second-order valence-corrected chi connectivity index (χ2v) is 5.06. The van der Waals surface area contributed by atoms with E-state index in [2.05, 4.69) is 0 Å². The van der Waals surface area contributed by atoms with Gasteiger partial charge in [-0.15, -0.1) is 11.6 Å². The van der Waals surface area contributed by atoms with Crippen molar-refractivity contribution < 1.29 is 9.53 Å². The van der Waals surface area contributed by atoms with Crippen molar-refractivity contribution in [3.63, 3.8) is 0 Å². The zero-order valence-corrected chi connectivity index (χ0v) is 10.4. The van der Waals surface area contributed by atoms with E-state index in [4.69, 9.17) is 16.3 Å². The van der Waals surface area contributed by atoms with Crippen molar-refractivity contribution in [3.8, 4) is 0 Å². The number of hydrogen-bond donors (Lipinski definition) is 0. The molecule has 2 unspecified atom stereocenters. The Morgan fingerprint density at radius 3 is 2.88 bits per heavy atom. The summed E-state index contributed by atoms with van der Waals surface area (Å²) in [5, 5.41) is 0. The Morgan fingerprint density at radius 2 is 2.19 bits per heavy atom. The molecule has 3 nitrogen and oxygen atoms in total. The first-order valence-electron chi connectivity index (χ1n) is 6.27. The topological polar surface area (TPSA) is 29.5 Å². The van der Waals surface area contributed by atoms with Crippen LogP contribution in [0.4, 0.5) is 0 Å². The summed E-state index contributed by atoms with van der Waals surface area (Å²) in [4.78, 5) is 14.3. The van der Waals surface area contributed by atoms with Crippen LogP contribution in [0.3, 0.4) is 0 Å². The van der Waals surface area contributed by atoms with Crippen molar-refractivity contribution in [2.45, 2.75) is 38.1 Å². The lowest BCUT2D eigenvalue weighted by atomic mass is 10.1. The molecule has 0 N–H and O–H groups in total. The number of amides is 1. The fourth-order valence-corrected chi connectivity index (χ4v) is 2.91. The molecular formula is C12H20ClNO2. The molecule has 2 fully saturated rings. The van der Waals surface area contributed by atoms with E-state index in [1.54, 1.807) is 0 Å².